The van der Waals surface area contributed by atoms with E-state index in [-0.39, 0.29) is 18.4 Å². The Bertz CT molecular complexity index is 617. The molecule has 0 radical (unpaired) electrons. The molecule has 0 saturated carbocycles. The summed E-state index contributed by atoms with van der Waals surface area (Å²) < 4.78 is 17.9. The topological polar surface area (TPSA) is 77.7 Å². The number of rotatable bonds is 8. The second kappa shape index (κ2) is 9.05. The molecule has 2 aromatic rings. The van der Waals surface area contributed by atoms with Gasteiger partial charge in [0.1, 0.15) is 17.7 Å². The number of amides is 2. The van der Waals surface area contributed by atoms with Gasteiger partial charge in [-0.2, -0.15) is 0 Å². The van der Waals surface area contributed by atoms with Crippen LogP contribution < -0.4 is 10.6 Å². The molecule has 1 aromatic carbocycles. The van der Waals surface area contributed by atoms with Crippen molar-refractivity contribution in [3.05, 3.63) is 59.8 Å². The summed E-state index contributed by atoms with van der Waals surface area (Å²) in [5.41, 5.74) is 1.00. The molecule has 0 aliphatic rings. The maximum atomic E-state index is 12.8. The lowest BCUT2D eigenvalue weighted by atomic mass is 10.2. The summed E-state index contributed by atoms with van der Waals surface area (Å²) in [6.45, 7) is 1.84. The number of hydrogen-bond acceptors (Lipinski definition) is 4. The molecule has 2 rings (SSSR count). The van der Waals surface area contributed by atoms with Crippen molar-refractivity contribution in [3.8, 4) is 0 Å². The van der Waals surface area contributed by atoms with Crippen LogP contribution >= 0.6 is 0 Å². The largest absolute Gasteiger partial charge is 0.467 e. The second-order valence-electron chi connectivity index (χ2n) is 5.53. The second-order valence-corrected chi connectivity index (χ2v) is 5.53. The number of urea groups is 1. The Morgan fingerprint density at radius 3 is 2.71 bits per heavy atom. The van der Waals surface area contributed by atoms with Crippen LogP contribution in [0.4, 0.5) is 9.18 Å². The average Bonchev–Trinajstić information content (AvgIpc) is 3.09. The lowest BCUT2D eigenvalue weighted by molar-refractivity contribution is 0.148. The molecule has 0 bridgehead atoms. The number of carbonyl (C=O) groups is 1. The monoisotopic (exact) mass is 335 g/mol. The van der Waals surface area contributed by atoms with Crippen molar-refractivity contribution in [1.29, 1.82) is 0 Å². The highest BCUT2D eigenvalue weighted by Crippen LogP contribution is 2.11. The van der Waals surface area contributed by atoms with Crippen LogP contribution in [0.1, 0.15) is 17.4 Å². The van der Waals surface area contributed by atoms with Crippen molar-refractivity contribution in [1.82, 2.24) is 15.5 Å². The van der Waals surface area contributed by atoms with E-state index in [4.69, 9.17) is 4.42 Å². The Balaban J connectivity index is 1.60. The zero-order chi connectivity index (χ0) is 17.4. The first-order chi connectivity index (χ1) is 11.5. The minimum absolute atomic E-state index is 0.0742. The Kier molecular flexibility index (Phi) is 6.77. The number of likely N-dealkylation sites (N-methyl/N-ethyl adjacent to an activating group) is 1. The fraction of sp³-hybridized carbons (Fsp3) is 0.353. The predicted octanol–water partition coefficient (Wildman–Crippen LogP) is 1.88. The van der Waals surface area contributed by atoms with Crippen molar-refractivity contribution >= 4 is 6.03 Å². The molecule has 130 valence electrons. The SMILES string of the molecule is CN(CCNC(=O)NCC(O)c1ccco1)Cc1ccc(F)cc1. The van der Waals surface area contributed by atoms with Crippen LogP contribution in [-0.2, 0) is 6.54 Å². The third kappa shape index (κ3) is 6.02. The lowest BCUT2D eigenvalue weighted by Gasteiger charge is -2.17. The van der Waals surface area contributed by atoms with Gasteiger partial charge in [-0.15, -0.1) is 0 Å². The van der Waals surface area contributed by atoms with Gasteiger partial charge in [0, 0.05) is 19.6 Å². The summed E-state index contributed by atoms with van der Waals surface area (Å²) in [5, 5.41) is 15.1. The van der Waals surface area contributed by atoms with Gasteiger partial charge in [0.2, 0.25) is 0 Å². The maximum Gasteiger partial charge on any atom is 0.314 e. The summed E-state index contributed by atoms with van der Waals surface area (Å²) in [6, 6.07) is 9.31. The van der Waals surface area contributed by atoms with Crippen molar-refractivity contribution in [2.45, 2.75) is 12.6 Å². The highest BCUT2D eigenvalue weighted by Gasteiger charge is 2.11. The molecular weight excluding hydrogens is 313 g/mol. The van der Waals surface area contributed by atoms with Crippen LogP contribution in [0.3, 0.4) is 0 Å². The van der Waals surface area contributed by atoms with E-state index in [2.05, 4.69) is 10.6 Å². The van der Waals surface area contributed by atoms with Gasteiger partial charge in [-0.05, 0) is 36.9 Å². The smallest absolute Gasteiger partial charge is 0.314 e. The van der Waals surface area contributed by atoms with E-state index in [9.17, 15) is 14.3 Å². The molecule has 0 aliphatic carbocycles. The van der Waals surface area contributed by atoms with Crippen LogP contribution in [0.25, 0.3) is 0 Å². The Labute approximate surface area is 140 Å². The first-order valence-electron chi connectivity index (χ1n) is 7.71. The zero-order valence-electron chi connectivity index (χ0n) is 13.5. The van der Waals surface area contributed by atoms with Crippen LogP contribution in [0.15, 0.2) is 47.1 Å². The Hall–Kier alpha value is -2.38. The molecule has 0 aliphatic heterocycles. The van der Waals surface area contributed by atoms with Gasteiger partial charge in [-0.25, -0.2) is 9.18 Å². The number of benzene rings is 1. The fourth-order valence-corrected chi connectivity index (χ4v) is 2.17. The van der Waals surface area contributed by atoms with Crippen molar-refractivity contribution in [2.75, 3.05) is 26.7 Å². The average molecular weight is 335 g/mol. The summed E-state index contributed by atoms with van der Waals surface area (Å²) in [6.07, 6.45) is 0.599. The maximum absolute atomic E-state index is 12.8. The van der Waals surface area contributed by atoms with E-state index in [0.717, 1.165) is 5.56 Å². The zero-order valence-corrected chi connectivity index (χ0v) is 13.5. The van der Waals surface area contributed by atoms with Crippen molar-refractivity contribution in [3.63, 3.8) is 0 Å². The minimum Gasteiger partial charge on any atom is -0.467 e. The number of carbonyl (C=O) groups excluding carboxylic acids is 1. The number of halogens is 1. The van der Waals surface area contributed by atoms with Gasteiger partial charge in [0.05, 0.1) is 12.8 Å². The molecule has 24 heavy (non-hydrogen) atoms. The van der Waals surface area contributed by atoms with E-state index in [1.165, 1.54) is 18.4 Å². The van der Waals surface area contributed by atoms with Crippen molar-refractivity contribution in [2.24, 2.45) is 0 Å². The number of nitrogens with one attached hydrogen (secondary N) is 2. The third-order valence-corrected chi connectivity index (χ3v) is 3.47. The summed E-state index contributed by atoms with van der Waals surface area (Å²) in [7, 11) is 1.92. The molecule has 0 saturated heterocycles. The fourth-order valence-electron chi connectivity index (χ4n) is 2.17. The Morgan fingerprint density at radius 1 is 1.29 bits per heavy atom. The lowest BCUT2D eigenvalue weighted by Crippen LogP contribution is -2.40. The van der Waals surface area contributed by atoms with Gasteiger partial charge in [0.25, 0.3) is 0 Å². The number of furan rings is 1. The first kappa shape index (κ1) is 18.0. The Morgan fingerprint density at radius 2 is 2.04 bits per heavy atom. The summed E-state index contributed by atoms with van der Waals surface area (Å²) in [4.78, 5) is 13.7. The van der Waals surface area contributed by atoms with Crippen LogP contribution in [0.2, 0.25) is 0 Å². The molecule has 1 atom stereocenters. The van der Waals surface area contributed by atoms with E-state index >= 15 is 0 Å². The summed E-state index contributed by atoms with van der Waals surface area (Å²) >= 11 is 0. The number of aliphatic hydroxyl groups is 1. The number of aliphatic hydroxyl groups excluding tert-OH is 1. The molecule has 6 nitrogen and oxygen atoms in total. The predicted molar refractivity (Wildman–Crippen MR) is 87.8 cm³/mol. The third-order valence-electron chi connectivity index (χ3n) is 3.47. The van der Waals surface area contributed by atoms with Crippen LogP contribution in [0.5, 0.6) is 0 Å². The van der Waals surface area contributed by atoms with Gasteiger partial charge in [-0.1, -0.05) is 12.1 Å². The number of hydrogen-bond donors (Lipinski definition) is 3. The highest BCUT2D eigenvalue weighted by atomic mass is 19.1. The first-order valence-corrected chi connectivity index (χ1v) is 7.71. The van der Waals surface area contributed by atoms with Gasteiger partial charge < -0.3 is 25.1 Å². The molecule has 2 amide bonds. The molecule has 1 heterocycles. The molecule has 0 spiro atoms. The van der Waals surface area contributed by atoms with Crippen LogP contribution in [-0.4, -0.2) is 42.7 Å². The van der Waals surface area contributed by atoms with Gasteiger partial charge in [0.15, 0.2) is 0 Å². The van der Waals surface area contributed by atoms with Gasteiger partial charge in [-0.3, -0.25) is 0 Å². The van der Waals surface area contributed by atoms with Gasteiger partial charge >= 0.3 is 6.03 Å². The number of nitrogens with zero attached hydrogens (tertiary/aromatic N) is 1. The summed E-state index contributed by atoms with van der Waals surface area (Å²) in [5.74, 6) is 0.158. The molecular formula is C17H22FN3O3. The minimum atomic E-state index is -0.869. The van der Waals surface area contributed by atoms with Crippen LogP contribution in [0, 0.1) is 5.82 Å². The van der Waals surface area contributed by atoms with E-state index in [0.29, 0.717) is 25.4 Å². The normalized spacial score (nSPS) is 12.2. The molecule has 1 unspecified atom stereocenters. The molecule has 1 aromatic heterocycles. The van der Waals surface area contributed by atoms with E-state index in [1.54, 1.807) is 24.3 Å². The van der Waals surface area contributed by atoms with E-state index < -0.39 is 6.10 Å². The highest BCUT2D eigenvalue weighted by molar-refractivity contribution is 5.73. The molecule has 7 heteroatoms. The standard InChI is InChI=1S/C17H22FN3O3/c1-21(12-13-4-6-14(18)7-5-13)9-8-19-17(23)20-11-15(22)16-3-2-10-24-16/h2-7,10,15,22H,8-9,11-12H2,1H3,(H2,19,20,23). The molecule has 0 fully saturated rings. The van der Waals surface area contributed by atoms with E-state index in [1.807, 2.05) is 11.9 Å². The quantitative estimate of drug-likeness (QED) is 0.688. The van der Waals surface area contributed by atoms with Crippen molar-refractivity contribution < 1.29 is 18.7 Å². The molecule has 3 N–H and O–H groups in total.